The van der Waals surface area contributed by atoms with E-state index < -0.39 is 5.97 Å². The first-order valence-corrected chi connectivity index (χ1v) is 5.62. The van der Waals surface area contributed by atoms with Crippen LogP contribution in [0.3, 0.4) is 0 Å². The zero-order valence-corrected chi connectivity index (χ0v) is 10.8. The summed E-state index contributed by atoms with van der Waals surface area (Å²) in [5.74, 6) is -0.789. The molecule has 0 saturated carbocycles. The monoisotopic (exact) mass is 232 g/mol. The molecule has 1 N–H and O–H groups in total. The van der Waals surface area contributed by atoms with E-state index in [1.807, 2.05) is 37.7 Å². The van der Waals surface area contributed by atoms with Crippen LogP contribution in [-0.2, 0) is 9.53 Å². The van der Waals surface area contributed by atoms with Gasteiger partial charge in [-0.25, -0.2) is 0 Å². The predicted molar refractivity (Wildman–Crippen MR) is 63.7 cm³/mol. The SMILES string of the molecule is CC(C)OCCN(CCN(C)C)CC(=O)O. The number of hydrogen-bond acceptors (Lipinski definition) is 4. The van der Waals surface area contributed by atoms with Crippen LogP contribution in [0.25, 0.3) is 0 Å². The van der Waals surface area contributed by atoms with Gasteiger partial charge in [0.15, 0.2) is 0 Å². The number of aliphatic carboxylic acids is 1. The molecule has 0 aliphatic carbocycles. The molecule has 0 aromatic carbocycles. The molecule has 0 bridgehead atoms. The van der Waals surface area contributed by atoms with Crippen molar-refractivity contribution in [2.24, 2.45) is 0 Å². The highest BCUT2D eigenvalue weighted by molar-refractivity contribution is 5.69. The molecule has 96 valence electrons. The summed E-state index contributed by atoms with van der Waals surface area (Å²) in [6, 6.07) is 0. The Hall–Kier alpha value is -0.650. The van der Waals surface area contributed by atoms with Crippen molar-refractivity contribution >= 4 is 5.97 Å². The maximum atomic E-state index is 10.7. The first kappa shape index (κ1) is 15.3. The van der Waals surface area contributed by atoms with Gasteiger partial charge in [0.2, 0.25) is 0 Å². The highest BCUT2D eigenvalue weighted by Gasteiger charge is 2.09. The van der Waals surface area contributed by atoms with Crippen molar-refractivity contribution in [2.75, 3.05) is 46.9 Å². The fourth-order valence-corrected chi connectivity index (χ4v) is 1.22. The second kappa shape index (κ2) is 8.50. The molecule has 0 saturated heterocycles. The van der Waals surface area contributed by atoms with E-state index in [1.54, 1.807) is 0 Å². The molecule has 5 heteroatoms. The van der Waals surface area contributed by atoms with Gasteiger partial charge in [0.1, 0.15) is 0 Å². The normalized spacial score (nSPS) is 11.7. The fourth-order valence-electron chi connectivity index (χ4n) is 1.22. The number of carboxylic acid groups (broad SMARTS) is 1. The average Bonchev–Trinajstić information content (AvgIpc) is 2.12. The van der Waals surface area contributed by atoms with Crippen molar-refractivity contribution < 1.29 is 14.6 Å². The van der Waals surface area contributed by atoms with Gasteiger partial charge in [-0.2, -0.15) is 0 Å². The Bertz CT molecular complexity index is 196. The van der Waals surface area contributed by atoms with E-state index in [0.29, 0.717) is 13.2 Å². The number of nitrogens with zero attached hydrogens (tertiary/aromatic N) is 2. The van der Waals surface area contributed by atoms with Crippen LogP contribution in [0.5, 0.6) is 0 Å². The summed E-state index contributed by atoms with van der Waals surface area (Å²) < 4.78 is 5.41. The second-order valence-corrected chi connectivity index (χ2v) is 4.39. The lowest BCUT2D eigenvalue weighted by molar-refractivity contribution is -0.138. The molecule has 0 rings (SSSR count). The molecule has 0 fully saturated rings. The predicted octanol–water partition coefficient (Wildman–Crippen LogP) is 0.360. The van der Waals surface area contributed by atoms with E-state index in [-0.39, 0.29) is 12.6 Å². The summed E-state index contributed by atoms with van der Waals surface area (Å²) >= 11 is 0. The van der Waals surface area contributed by atoms with Crippen molar-refractivity contribution in [3.8, 4) is 0 Å². The highest BCUT2D eigenvalue weighted by Crippen LogP contribution is 1.93. The minimum absolute atomic E-state index is 0.0787. The zero-order chi connectivity index (χ0) is 12.6. The summed E-state index contributed by atoms with van der Waals surface area (Å²) in [4.78, 5) is 14.6. The van der Waals surface area contributed by atoms with Gasteiger partial charge in [-0.05, 0) is 27.9 Å². The van der Waals surface area contributed by atoms with Gasteiger partial charge < -0.3 is 14.7 Å². The van der Waals surface area contributed by atoms with Gasteiger partial charge in [-0.1, -0.05) is 0 Å². The van der Waals surface area contributed by atoms with Gasteiger partial charge in [0.05, 0.1) is 19.3 Å². The molecule has 0 aliphatic heterocycles. The molecular weight excluding hydrogens is 208 g/mol. The van der Waals surface area contributed by atoms with E-state index in [2.05, 4.69) is 0 Å². The molecular formula is C11H24N2O3. The Morgan fingerprint density at radius 1 is 1.25 bits per heavy atom. The Kier molecular flexibility index (Phi) is 8.15. The van der Waals surface area contributed by atoms with Crippen LogP contribution < -0.4 is 0 Å². The molecule has 0 atom stereocenters. The second-order valence-electron chi connectivity index (χ2n) is 4.39. The van der Waals surface area contributed by atoms with E-state index in [9.17, 15) is 4.79 Å². The smallest absolute Gasteiger partial charge is 0.317 e. The fraction of sp³-hybridized carbons (Fsp3) is 0.909. The summed E-state index contributed by atoms with van der Waals surface area (Å²) in [5, 5.41) is 8.76. The Morgan fingerprint density at radius 2 is 1.88 bits per heavy atom. The van der Waals surface area contributed by atoms with Crippen LogP contribution in [0.15, 0.2) is 0 Å². The number of likely N-dealkylation sites (N-methyl/N-ethyl adjacent to an activating group) is 1. The summed E-state index contributed by atoms with van der Waals surface area (Å²) in [6.07, 6.45) is 0.195. The Morgan fingerprint density at radius 3 is 2.31 bits per heavy atom. The van der Waals surface area contributed by atoms with Crippen LogP contribution in [0.1, 0.15) is 13.8 Å². The maximum Gasteiger partial charge on any atom is 0.317 e. The topological polar surface area (TPSA) is 53.0 Å². The minimum Gasteiger partial charge on any atom is -0.480 e. The van der Waals surface area contributed by atoms with Crippen molar-refractivity contribution in [2.45, 2.75) is 20.0 Å². The quantitative estimate of drug-likeness (QED) is 0.622. The van der Waals surface area contributed by atoms with Gasteiger partial charge in [0, 0.05) is 19.6 Å². The highest BCUT2D eigenvalue weighted by atomic mass is 16.5. The number of rotatable bonds is 9. The standard InChI is InChI=1S/C11H24N2O3/c1-10(2)16-8-7-13(9-11(14)15)6-5-12(3)4/h10H,5-9H2,1-4H3,(H,14,15). The molecule has 0 heterocycles. The number of ether oxygens (including phenoxy) is 1. The summed E-state index contributed by atoms with van der Waals surface area (Å²) in [5.41, 5.74) is 0. The van der Waals surface area contributed by atoms with Gasteiger partial charge in [-0.3, -0.25) is 9.69 Å². The Balaban J connectivity index is 3.85. The molecule has 0 aromatic heterocycles. The molecule has 16 heavy (non-hydrogen) atoms. The number of carbonyl (C=O) groups is 1. The summed E-state index contributed by atoms with van der Waals surface area (Å²) in [6.45, 7) is 6.88. The largest absolute Gasteiger partial charge is 0.480 e. The lowest BCUT2D eigenvalue weighted by Gasteiger charge is -2.22. The van der Waals surface area contributed by atoms with Gasteiger partial charge >= 0.3 is 5.97 Å². The first-order valence-electron chi connectivity index (χ1n) is 5.62. The number of carboxylic acids is 1. The molecule has 0 aromatic rings. The maximum absolute atomic E-state index is 10.7. The summed E-state index contributed by atoms with van der Waals surface area (Å²) in [7, 11) is 3.95. The lowest BCUT2D eigenvalue weighted by Crippen LogP contribution is -2.38. The van der Waals surface area contributed by atoms with E-state index in [1.165, 1.54) is 0 Å². The molecule has 0 radical (unpaired) electrons. The number of hydrogen-bond donors (Lipinski definition) is 1. The van der Waals surface area contributed by atoms with E-state index in [4.69, 9.17) is 9.84 Å². The molecule has 5 nitrogen and oxygen atoms in total. The van der Waals surface area contributed by atoms with E-state index >= 15 is 0 Å². The van der Waals surface area contributed by atoms with Crippen molar-refractivity contribution in [3.05, 3.63) is 0 Å². The third kappa shape index (κ3) is 9.89. The van der Waals surface area contributed by atoms with Crippen molar-refractivity contribution in [1.82, 2.24) is 9.80 Å². The molecule has 0 unspecified atom stereocenters. The third-order valence-electron chi connectivity index (χ3n) is 2.08. The van der Waals surface area contributed by atoms with Crippen LogP contribution in [-0.4, -0.2) is 73.9 Å². The third-order valence-corrected chi connectivity index (χ3v) is 2.08. The molecule has 0 spiro atoms. The molecule has 0 amide bonds. The van der Waals surface area contributed by atoms with Gasteiger partial charge in [-0.15, -0.1) is 0 Å². The van der Waals surface area contributed by atoms with Crippen molar-refractivity contribution in [3.63, 3.8) is 0 Å². The van der Waals surface area contributed by atoms with Gasteiger partial charge in [0.25, 0.3) is 0 Å². The van der Waals surface area contributed by atoms with Crippen LogP contribution >= 0.6 is 0 Å². The van der Waals surface area contributed by atoms with Crippen LogP contribution in [0, 0.1) is 0 Å². The lowest BCUT2D eigenvalue weighted by atomic mass is 10.4. The Labute approximate surface area is 98.0 Å². The van der Waals surface area contributed by atoms with Crippen molar-refractivity contribution in [1.29, 1.82) is 0 Å². The van der Waals surface area contributed by atoms with Crippen LogP contribution in [0.2, 0.25) is 0 Å². The average molecular weight is 232 g/mol. The first-order chi connectivity index (χ1) is 7.41. The van der Waals surface area contributed by atoms with E-state index in [0.717, 1.165) is 13.1 Å². The van der Waals surface area contributed by atoms with Crippen LogP contribution in [0.4, 0.5) is 0 Å². The minimum atomic E-state index is -0.789. The zero-order valence-electron chi connectivity index (χ0n) is 10.8. The molecule has 0 aliphatic rings.